The first-order valence-electron chi connectivity index (χ1n) is 7.04. The fraction of sp³-hybridized carbons (Fsp3) is 0.235. The first-order chi connectivity index (χ1) is 10.5. The number of carbonyl (C=O) groups excluding carboxylic acids is 1. The first-order valence-corrected chi connectivity index (χ1v) is 7.80. The third kappa shape index (κ3) is 4.47. The summed E-state index contributed by atoms with van der Waals surface area (Å²) in [6.45, 7) is 3.79. The minimum Gasteiger partial charge on any atom is -0.325 e. The molecule has 3 nitrogen and oxygen atoms in total. The van der Waals surface area contributed by atoms with Gasteiger partial charge in [0.1, 0.15) is 0 Å². The Morgan fingerprint density at radius 1 is 1.05 bits per heavy atom. The smallest absolute Gasteiger partial charge is 0.241 e. The van der Waals surface area contributed by atoms with Gasteiger partial charge in [0.25, 0.3) is 0 Å². The molecule has 0 aromatic heterocycles. The van der Waals surface area contributed by atoms with Gasteiger partial charge in [0, 0.05) is 21.8 Å². The molecule has 1 amide bonds. The monoisotopic (exact) mass is 336 g/mol. The zero-order chi connectivity index (χ0) is 16.1. The summed E-state index contributed by atoms with van der Waals surface area (Å²) < 4.78 is 0. The molecule has 116 valence electrons. The van der Waals surface area contributed by atoms with Crippen LogP contribution in [0.25, 0.3) is 0 Å². The normalized spacial score (nSPS) is 13.5. The van der Waals surface area contributed by atoms with Crippen LogP contribution in [0.5, 0.6) is 0 Å². The van der Waals surface area contributed by atoms with Gasteiger partial charge in [-0.05, 0) is 43.7 Å². The Hall–Kier alpha value is -1.55. The van der Waals surface area contributed by atoms with Crippen LogP contribution in [-0.2, 0) is 4.79 Å². The van der Waals surface area contributed by atoms with E-state index in [9.17, 15) is 4.79 Å². The van der Waals surface area contributed by atoms with Crippen LogP contribution < -0.4 is 10.6 Å². The SMILES string of the molecule is C[C@@H](N[C@H](C)c1ccccc1Cl)C(=O)Nc1cccc(Cl)c1. The average molecular weight is 337 g/mol. The van der Waals surface area contributed by atoms with Crippen molar-refractivity contribution in [1.29, 1.82) is 0 Å². The van der Waals surface area contributed by atoms with Crippen molar-refractivity contribution in [1.82, 2.24) is 5.32 Å². The average Bonchev–Trinajstić information content (AvgIpc) is 2.47. The lowest BCUT2D eigenvalue weighted by Gasteiger charge is -2.21. The van der Waals surface area contributed by atoms with Crippen molar-refractivity contribution in [3.8, 4) is 0 Å². The molecule has 0 radical (unpaired) electrons. The minimum atomic E-state index is -0.370. The topological polar surface area (TPSA) is 41.1 Å². The van der Waals surface area contributed by atoms with E-state index in [1.807, 2.05) is 38.1 Å². The largest absolute Gasteiger partial charge is 0.325 e. The second kappa shape index (κ2) is 7.63. The van der Waals surface area contributed by atoms with Crippen LogP contribution in [0.2, 0.25) is 10.0 Å². The van der Waals surface area contributed by atoms with Gasteiger partial charge in [-0.25, -0.2) is 0 Å². The minimum absolute atomic E-state index is 0.0335. The lowest BCUT2D eigenvalue weighted by atomic mass is 10.1. The number of anilines is 1. The highest BCUT2D eigenvalue weighted by molar-refractivity contribution is 6.31. The predicted octanol–water partition coefficient (Wildman–Crippen LogP) is 4.67. The summed E-state index contributed by atoms with van der Waals surface area (Å²) in [6, 6.07) is 14.3. The Balaban J connectivity index is 1.98. The van der Waals surface area contributed by atoms with E-state index < -0.39 is 0 Å². The molecule has 0 aliphatic carbocycles. The molecule has 0 spiro atoms. The maximum atomic E-state index is 12.2. The van der Waals surface area contributed by atoms with E-state index in [-0.39, 0.29) is 18.0 Å². The van der Waals surface area contributed by atoms with Crippen molar-refractivity contribution < 1.29 is 4.79 Å². The molecule has 0 saturated carbocycles. The number of benzene rings is 2. The molecule has 0 bridgehead atoms. The third-order valence-corrected chi connectivity index (χ3v) is 3.94. The van der Waals surface area contributed by atoms with Gasteiger partial charge < -0.3 is 5.32 Å². The molecule has 0 fully saturated rings. The van der Waals surface area contributed by atoms with E-state index in [2.05, 4.69) is 10.6 Å². The molecule has 5 heteroatoms. The van der Waals surface area contributed by atoms with Crippen molar-refractivity contribution in [3.63, 3.8) is 0 Å². The number of nitrogens with one attached hydrogen (secondary N) is 2. The number of halogens is 2. The van der Waals surface area contributed by atoms with Gasteiger partial charge in [-0.3, -0.25) is 10.1 Å². The zero-order valence-electron chi connectivity index (χ0n) is 12.4. The summed E-state index contributed by atoms with van der Waals surface area (Å²) in [4.78, 5) is 12.2. The van der Waals surface area contributed by atoms with Crippen molar-refractivity contribution in [2.45, 2.75) is 25.9 Å². The van der Waals surface area contributed by atoms with Crippen molar-refractivity contribution in [2.24, 2.45) is 0 Å². The molecule has 2 aromatic rings. The van der Waals surface area contributed by atoms with Gasteiger partial charge in [0.2, 0.25) is 5.91 Å². The second-order valence-corrected chi connectivity index (χ2v) is 5.97. The highest BCUT2D eigenvalue weighted by atomic mass is 35.5. The highest BCUT2D eigenvalue weighted by Gasteiger charge is 2.17. The van der Waals surface area contributed by atoms with E-state index >= 15 is 0 Å². The van der Waals surface area contributed by atoms with Crippen LogP contribution in [0.15, 0.2) is 48.5 Å². The molecule has 2 N–H and O–H groups in total. The number of hydrogen-bond acceptors (Lipinski definition) is 2. The predicted molar refractivity (Wildman–Crippen MR) is 92.5 cm³/mol. The van der Waals surface area contributed by atoms with E-state index in [1.165, 1.54) is 0 Å². The van der Waals surface area contributed by atoms with Gasteiger partial charge in [0.05, 0.1) is 6.04 Å². The standard InChI is InChI=1S/C17H18Cl2N2O/c1-11(15-8-3-4-9-16(15)19)20-12(2)17(22)21-14-7-5-6-13(18)10-14/h3-12,20H,1-2H3,(H,21,22)/t11-,12-/m1/s1. The molecule has 0 aliphatic heterocycles. The number of hydrogen-bond donors (Lipinski definition) is 2. The Morgan fingerprint density at radius 3 is 2.45 bits per heavy atom. The summed E-state index contributed by atoms with van der Waals surface area (Å²) >= 11 is 12.1. The molecule has 0 saturated heterocycles. The van der Waals surface area contributed by atoms with Gasteiger partial charge >= 0.3 is 0 Å². The fourth-order valence-corrected chi connectivity index (χ4v) is 2.67. The molecule has 2 rings (SSSR count). The van der Waals surface area contributed by atoms with Gasteiger partial charge in [0.15, 0.2) is 0 Å². The molecule has 0 aliphatic rings. The first kappa shape index (κ1) is 16.8. The van der Waals surface area contributed by atoms with Crippen LogP contribution >= 0.6 is 23.2 Å². The summed E-state index contributed by atoms with van der Waals surface area (Å²) in [5.74, 6) is -0.124. The van der Waals surface area contributed by atoms with E-state index in [4.69, 9.17) is 23.2 Å². The second-order valence-electron chi connectivity index (χ2n) is 5.13. The van der Waals surface area contributed by atoms with Gasteiger partial charge in [-0.15, -0.1) is 0 Å². The lowest BCUT2D eigenvalue weighted by Crippen LogP contribution is -2.39. The summed E-state index contributed by atoms with van der Waals surface area (Å²) in [7, 11) is 0. The molecule has 2 atom stereocenters. The summed E-state index contributed by atoms with van der Waals surface area (Å²) in [5.41, 5.74) is 1.64. The van der Waals surface area contributed by atoms with Crippen molar-refractivity contribution in [2.75, 3.05) is 5.32 Å². The lowest BCUT2D eigenvalue weighted by molar-refractivity contribution is -0.117. The number of rotatable bonds is 5. The molecule has 22 heavy (non-hydrogen) atoms. The van der Waals surface area contributed by atoms with Gasteiger partial charge in [-0.1, -0.05) is 47.5 Å². The van der Waals surface area contributed by atoms with Crippen LogP contribution in [0.1, 0.15) is 25.5 Å². The van der Waals surface area contributed by atoms with Crippen molar-refractivity contribution >= 4 is 34.8 Å². The van der Waals surface area contributed by atoms with Crippen LogP contribution in [0.3, 0.4) is 0 Å². The molecular formula is C17H18Cl2N2O. The van der Waals surface area contributed by atoms with Crippen LogP contribution in [0.4, 0.5) is 5.69 Å². The van der Waals surface area contributed by atoms with Gasteiger partial charge in [-0.2, -0.15) is 0 Å². The maximum Gasteiger partial charge on any atom is 0.241 e. The Kier molecular flexibility index (Phi) is 5.83. The quantitative estimate of drug-likeness (QED) is 0.832. The maximum absolute atomic E-state index is 12.2. The summed E-state index contributed by atoms with van der Waals surface area (Å²) in [5, 5.41) is 7.35. The van der Waals surface area contributed by atoms with E-state index in [0.717, 1.165) is 5.56 Å². The zero-order valence-corrected chi connectivity index (χ0v) is 13.9. The van der Waals surface area contributed by atoms with E-state index in [0.29, 0.717) is 15.7 Å². The molecule has 0 heterocycles. The van der Waals surface area contributed by atoms with E-state index in [1.54, 1.807) is 24.3 Å². The number of carbonyl (C=O) groups is 1. The fourth-order valence-electron chi connectivity index (χ4n) is 2.18. The Labute approximate surface area is 140 Å². The van der Waals surface area contributed by atoms with Crippen LogP contribution in [0, 0.1) is 0 Å². The Morgan fingerprint density at radius 2 is 1.77 bits per heavy atom. The van der Waals surface area contributed by atoms with Crippen LogP contribution in [-0.4, -0.2) is 11.9 Å². The molecule has 2 aromatic carbocycles. The molecule has 0 unspecified atom stereocenters. The van der Waals surface area contributed by atoms with Crippen molar-refractivity contribution in [3.05, 3.63) is 64.1 Å². The third-order valence-electron chi connectivity index (χ3n) is 3.36. The highest BCUT2D eigenvalue weighted by Crippen LogP contribution is 2.22. The molecular weight excluding hydrogens is 319 g/mol. The number of amides is 1. The Bertz CT molecular complexity index is 661. The summed E-state index contributed by atoms with van der Waals surface area (Å²) in [6.07, 6.45) is 0.